The number of hydrogen-bond acceptors (Lipinski definition) is 4. The lowest BCUT2D eigenvalue weighted by Gasteiger charge is -2.27. The summed E-state index contributed by atoms with van der Waals surface area (Å²) in [6, 6.07) is 8.91. The Labute approximate surface area is 256 Å². The predicted octanol–water partition coefficient (Wildman–Crippen LogP) is 6.24. The molecule has 232 valence electrons. The molecule has 11 heteroatoms. The summed E-state index contributed by atoms with van der Waals surface area (Å²) in [7, 11) is 1.69. The number of halogens is 4. The van der Waals surface area contributed by atoms with Gasteiger partial charge in [0.15, 0.2) is 29.1 Å². The molecule has 0 radical (unpaired) electrons. The summed E-state index contributed by atoms with van der Waals surface area (Å²) < 4.78 is 56.5. The fraction of sp³-hybridized carbons (Fsp3) is 0.235. The number of rotatable bonds is 7. The van der Waals surface area contributed by atoms with Gasteiger partial charge in [0, 0.05) is 48.9 Å². The summed E-state index contributed by atoms with van der Waals surface area (Å²) in [6.45, 7) is 4.79. The summed E-state index contributed by atoms with van der Waals surface area (Å²) in [5, 5.41) is 7.89. The molecule has 4 aromatic rings. The molecule has 0 bridgehead atoms. The fourth-order valence-corrected chi connectivity index (χ4v) is 5.49. The van der Waals surface area contributed by atoms with Crippen molar-refractivity contribution in [2.45, 2.75) is 32.7 Å². The van der Waals surface area contributed by atoms with Gasteiger partial charge in [-0.3, -0.25) is 19.1 Å². The molecular formula is C34H30F4N4O3. The normalized spacial score (nSPS) is 16.9. The van der Waals surface area contributed by atoms with Crippen molar-refractivity contribution >= 4 is 40.7 Å². The lowest BCUT2D eigenvalue weighted by atomic mass is 9.83. The van der Waals surface area contributed by atoms with Crippen molar-refractivity contribution in [3.63, 3.8) is 0 Å². The van der Waals surface area contributed by atoms with Gasteiger partial charge in [0.05, 0.1) is 11.1 Å². The van der Waals surface area contributed by atoms with Crippen LogP contribution >= 0.6 is 0 Å². The van der Waals surface area contributed by atoms with E-state index in [1.165, 1.54) is 35.0 Å². The number of carbonyl (C=O) groups is 3. The lowest BCUT2D eigenvalue weighted by molar-refractivity contribution is -0.113. The molecular weight excluding hydrogens is 588 g/mol. The minimum absolute atomic E-state index is 0.0581. The van der Waals surface area contributed by atoms with Crippen LogP contribution in [-0.4, -0.2) is 51.4 Å². The Hall–Kier alpha value is -5.06. The Bertz CT molecular complexity index is 1820. The van der Waals surface area contributed by atoms with Crippen molar-refractivity contribution in [1.82, 2.24) is 20.0 Å². The molecule has 0 aliphatic heterocycles. The molecule has 1 saturated carbocycles. The van der Waals surface area contributed by atoms with E-state index in [1.54, 1.807) is 24.2 Å². The van der Waals surface area contributed by atoms with E-state index in [4.69, 9.17) is 0 Å². The number of carbonyl (C=O) groups excluding carboxylic acids is 3. The van der Waals surface area contributed by atoms with Gasteiger partial charge in [-0.1, -0.05) is 12.1 Å². The van der Waals surface area contributed by atoms with Gasteiger partial charge in [0.25, 0.3) is 11.8 Å². The fourth-order valence-electron chi connectivity index (χ4n) is 5.49. The summed E-state index contributed by atoms with van der Waals surface area (Å²) in [5.74, 6) is -5.37. The molecule has 1 fully saturated rings. The second-order valence-corrected chi connectivity index (χ2v) is 10.8. The van der Waals surface area contributed by atoms with Crippen LogP contribution in [0.25, 0.3) is 23.1 Å². The highest BCUT2D eigenvalue weighted by atomic mass is 19.2. The second-order valence-electron chi connectivity index (χ2n) is 10.8. The quantitative estimate of drug-likeness (QED) is 0.196. The Morgan fingerprint density at radius 3 is 1.91 bits per heavy atom. The molecule has 1 aliphatic rings. The first-order chi connectivity index (χ1) is 21.5. The highest BCUT2D eigenvalue weighted by Gasteiger charge is 2.30. The molecule has 1 N–H and O–H groups in total. The van der Waals surface area contributed by atoms with E-state index in [0.717, 1.165) is 24.3 Å². The third-order valence-electron chi connectivity index (χ3n) is 7.74. The van der Waals surface area contributed by atoms with Crippen LogP contribution < -0.4 is 5.32 Å². The van der Waals surface area contributed by atoms with Crippen LogP contribution in [0.2, 0.25) is 0 Å². The maximum absolute atomic E-state index is 13.9. The first kappa shape index (κ1) is 31.4. The van der Waals surface area contributed by atoms with E-state index in [0.29, 0.717) is 29.6 Å². The number of hydrogen-bond donors (Lipinski definition) is 1. The molecule has 7 nitrogen and oxygen atoms in total. The number of nitrogens with zero attached hydrogens (tertiary/aromatic N) is 3. The molecule has 1 aromatic heterocycles. The molecule has 1 heterocycles. The van der Waals surface area contributed by atoms with Crippen molar-refractivity contribution in [3.8, 4) is 0 Å². The van der Waals surface area contributed by atoms with Gasteiger partial charge in [0.2, 0.25) is 0 Å². The highest BCUT2D eigenvalue weighted by Crippen LogP contribution is 2.30. The number of aryl methyl sites for hydroxylation is 1. The van der Waals surface area contributed by atoms with Crippen LogP contribution in [0.4, 0.5) is 17.6 Å². The van der Waals surface area contributed by atoms with Crippen molar-refractivity contribution in [3.05, 3.63) is 111 Å². The largest absolute Gasteiger partial charge is 0.349 e. The van der Waals surface area contributed by atoms with E-state index in [9.17, 15) is 31.9 Å². The van der Waals surface area contributed by atoms with Gasteiger partial charge in [0.1, 0.15) is 5.52 Å². The Morgan fingerprint density at radius 2 is 1.40 bits per heavy atom. The highest BCUT2D eigenvalue weighted by molar-refractivity contribution is 6.15. The van der Waals surface area contributed by atoms with Gasteiger partial charge in [-0.2, -0.15) is 5.10 Å². The lowest BCUT2D eigenvalue weighted by Crippen LogP contribution is -2.39. The summed E-state index contributed by atoms with van der Waals surface area (Å²) in [6.07, 6.45) is 4.61. The van der Waals surface area contributed by atoms with Crippen LogP contribution in [0.1, 0.15) is 58.5 Å². The molecule has 0 unspecified atom stereocenters. The van der Waals surface area contributed by atoms with Crippen molar-refractivity contribution in [2.24, 2.45) is 7.05 Å². The molecule has 3 aromatic carbocycles. The number of nitrogens with one attached hydrogen (secondary N) is 1. The zero-order valence-corrected chi connectivity index (χ0v) is 24.8. The molecule has 1 aliphatic carbocycles. The monoisotopic (exact) mass is 618 g/mol. The predicted molar refractivity (Wildman–Crippen MR) is 162 cm³/mol. The Morgan fingerprint density at radius 1 is 0.867 bits per heavy atom. The zero-order chi connectivity index (χ0) is 32.4. The third kappa shape index (κ3) is 6.57. The summed E-state index contributed by atoms with van der Waals surface area (Å²) in [5.41, 5.74) is 1.84. The second kappa shape index (κ2) is 12.9. The maximum atomic E-state index is 13.9. The Kier molecular flexibility index (Phi) is 8.99. The first-order valence-corrected chi connectivity index (χ1v) is 14.4. The average Bonchev–Trinajstić information content (AvgIpc) is 3.40. The van der Waals surface area contributed by atoms with E-state index in [2.05, 4.69) is 10.4 Å². The van der Waals surface area contributed by atoms with Gasteiger partial charge >= 0.3 is 0 Å². The maximum Gasteiger partial charge on any atom is 0.254 e. The number of fused-ring (bicyclic) bond motifs is 1. The number of ketones is 1. The first-order valence-electron chi connectivity index (χ1n) is 14.4. The minimum Gasteiger partial charge on any atom is -0.349 e. The third-order valence-corrected chi connectivity index (χ3v) is 7.74. The van der Waals surface area contributed by atoms with E-state index >= 15 is 0 Å². The average molecular weight is 619 g/mol. The SMILES string of the molecule is CCN(CC)C(=O)c1ccc(C(=O)NC2C/C(=C\c3ccc(F)c(F)c3)C(=O)/C(=C/c3ccc(F)c(F)c3)C2)c2nn(C)cc12. The minimum atomic E-state index is -1.09. The van der Waals surface area contributed by atoms with Crippen LogP contribution in [0.3, 0.4) is 0 Å². The standard InChI is InChI=1S/C34H30F4N4O3/c1-4-42(5-2)34(45)24-8-9-25(31-26(24)18-41(3)40-31)33(44)39-23-16-21(12-19-6-10-27(35)29(37)14-19)32(43)22(17-23)13-20-7-11-28(36)30(38)15-20/h6-15,18,23H,4-5,16-17H2,1-3H3,(H,39,44)/b21-12+,22-13+. The number of amides is 2. The summed E-state index contributed by atoms with van der Waals surface area (Å²) in [4.78, 5) is 42.0. The van der Waals surface area contributed by atoms with E-state index in [1.807, 2.05) is 13.8 Å². The smallest absolute Gasteiger partial charge is 0.254 e. The number of benzene rings is 3. The van der Waals surface area contributed by atoms with Gasteiger partial charge in [-0.05, 0) is 86.4 Å². The van der Waals surface area contributed by atoms with Crippen molar-refractivity contribution in [1.29, 1.82) is 0 Å². The molecule has 45 heavy (non-hydrogen) atoms. The Balaban J connectivity index is 1.50. The van der Waals surface area contributed by atoms with Gasteiger partial charge in [-0.25, -0.2) is 17.6 Å². The van der Waals surface area contributed by atoms with Gasteiger partial charge < -0.3 is 10.2 Å². The van der Waals surface area contributed by atoms with Crippen LogP contribution in [0.15, 0.2) is 65.9 Å². The van der Waals surface area contributed by atoms with Crippen molar-refractivity contribution < 1.29 is 31.9 Å². The molecule has 2 amide bonds. The van der Waals surface area contributed by atoms with Crippen LogP contribution in [0, 0.1) is 23.3 Å². The summed E-state index contributed by atoms with van der Waals surface area (Å²) >= 11 is 0. The van der Waals surface area contributed by atoms with E-state index in [-0.39, 0.29) is 46.6 Å². The molecule has 0 saturated heterocycles. The van der Waals surface area contributed by atoms with Crippen LogP contribution in [-0.2, 0) is 11.8 Å². The topological polar surface area (TPSA) is 84.3 Å². The molecule has 0 atom stereocenters. The number of Topliss-reactive ketones (excluding diaryl/α,β-unsaturated/α-hetero) is 1. The molecule has 5 rings (SSSR count). The van der Waals surface area contributed by atoms with Crippen LogP contribution in [0.5, 0.6) is 0 Å². The van der Waals surface area contributed by atoms with Crippen molar-refractivity contribution in [2.75, 3.05) is 13.1 Å². The number of aromatic nitrogens is 2. The van der Waals surface area contributed by atoms with Gasteiger partial charge in [-0.15, -0.1) is 0 Å². The zero-order valence-electron chi connectivity index (χ0n) is 24.8. The van der Waals surface area contributed by atoms with E-state index < -0.39 is 41.0 Å². The molecule has 0 spiro atoms.